The summed E-state index contributed by atoms with van der Waals surface area (Å²) >= 11 is 0. The van der Waals surface area contributed by atoms with E-state index in [1.165, 1.54) is 6.20 Å². The number of rotatable bonds is 9. The highest BCUT2D eigenvalue weighted by atomic mass is 16.5. The second-order valence-corrected chi connectivity index (χ2v) is 9.14. The monoisotopic (exact) mass is 481 g/mol. The molecule has 9 nitrogen and oxygen atoms in total. The number of nitrogens with one attached hydrogen (secondary N) is 1. The van der Waals surface area contributed by atoms with Crippen LogP contribution in [0.25, 0.3) is 0 Å². The summed E-state index contributed by atoms with van der Waals surface area (Å²) in [5.74, 6) is 0.490. The van der Waals surface area contributed by atoms with E-state index in [0.717, 1.165) is 10.2 Å². The molecule has 0 radical (unpaired) electrons. The van der Waals surface area contributed by atoms with Crippen LogP contribution in [0.2, 0.25) is 0 Å². The molecule has 35 heavy (non-hydrogen) atoms. The van der Waals surface area contributed by atoms with Crippen LogP contribution in [0.4, 0.5) is 10.6 Å². The summed E-state index contributed by atoms with van der Waals surface area (Å²) in [6.07, 6.45) is -0.0762. The minimum atomic E-state index is -1.24. The highest BCUT2D eigenvalue weighted by Crippen LogP contribution is 2.31. The molecule has 1 atom stereocenters. The van der Waals surface area contributed by atoms with Crippen molar-refractivity contribution in [2.24, 2.45) is 0 Å². The third kappa shape index (κ3) is 6.83. The van der Waals surface area contributed by atoms with Crippen molar-refractivity contribution in [3.05, 3.63) is 71.4 Å². The molecule has 0 spiro atoms. The van der Waals surface area contributed by atoms with Crippen LogP contribution in [0.1, 0.15) is 49.2 Å². The highest BCUT2D eigenvalue weighted by molar-refractivity contribution is 6.06. The molecule has 0 aliphatic carbocycles. The smallest absolute Gasteiger partial charge is 0.432 e. The van der Waals surface area contributed by atoms with E-state index >= 15 is 0 Å². The number of carbonyl (C=O) groups is 2. The summed E-state index contributed by atoms with van der Waals surface area (Å²) in [7, 11) is 1.59. The van der Waals surface area contributed by atoms with Gasteiger partial charge in [-0.15, -0.1) is 5.10 Å². The van der Waals surface area contributed by atoms with Crippen molar-refractivity contribution >= 4 is 17.8 Å². The van der Waals surface area contributed by atoms with Gasteiger partial charge in [-0.25, -0.2) is 4.79 Å². The van der Waals surface area contributed by atoms with Crippen LogP contribution in [-0.4, -0.2) is 46.7 Å². The third-order valence-corrected chi connectivity index (χ3v) is 5.12. The lowest BCUT2D eigenvalue weighted by molar-refractivity contribution is 0.0916. The summed E-state index contributed by atoms with van der Waals surface area (Å²) < 4.78 is 17.7. The van der Waals surface area contributed by atoms with Crippen LogP contribution < -0.4 is 14.8 Å². The third-order valence-electron chi connectivity index (χ3n) is 5.12. The number of carboxylic acid groups (broad SMARTS) is 1. The maximum atomic E-state index is 13.4. The molecule has 3 aromatic rings. The number of anilines is 1. The molecule has 0 saturated carbocycles. The number of methoxy groups -OCH3 is 1. The minimum absolute atomic E-state index is 0.165. The summed E-state index contributed by atoms with van der Waals surface area (Å²) in [6, 6.07) is 14.6. The van der Waals surface area contributed by atoms with Crippen molar-refractivity contribution < 1.29 is 28.9 Å². The first-order valence-corrected chi connectivity index (χ1v) is 11.2. The van der Waals surface area contributed by atoms with E-state index in [0.29, 0.717) is 23.7 Å². The van der Waals surface area contributed by atoms with Gasteiger partial charge in [0, 0.05) is 18.9 Å². The lowest BCUT2D eigenvalue weighted by Gasteiger charge is -2.19. The SMILES string of the molecule is COC[C@H](C)Oc1ccc(OCc2ccccc2)c(C(=O)Nc2nn(C(=O)O)cc2C(C)(C)C)c1. The van der Waals surface area contributed by atoms with Crippen LogP contribution in [-0.2, 0) is 16.8 Å². The Morgan fingerprint density at radius 2 is 1.86 bits per heavy atom. The fourth-order valence-corrected chi connectivity index (χ4v) is 3.41. The van der Waals surface area contributed by atoms with Crippen molar-refractivity contribution in [3.63, 3.8) is 0 Å². The lowest BCUT2D eigenvalue weighted by Crippen LogP contribution is -2.20. The molecule has 0 bridgehead atoms. The Labute approximate surface area is 204 Å². The molecule has 3 rings (SSSR count). The quantitative estimate of drug-likeness (QED) is 0.445. The number of carbonyl (C=O) groups excluding carboxylic acids is 1. The van der Waals surface area contributed by atoms with E-state index in [-0.39, 0.29) is 24.1 Å². The fourth-order valence-electron chi connectivity index (χ4n) is 3.41. The van der Waals surface area contributed by atoms with E-state index in [1.807, 2.05) is 58.0 Å². The van der Waals surface area contributed by atoms with Gasteiger partial charge in [-0.2, -0.15) is 4.68 Å². The summed E-state index contributed by atoms with van der Waals surface area (Å²) in [5.41, 5.74) is 1.31. The molecule has 0 saturated heterocycles. The van der Waals surface area contributed by atoms with E-state index in [1.54, 1.807) is 25.3 Å². The molecule has 1 heterocycles. The number of amides is 1. The van der Waals surface area contributed by atoms with Crippen LogP contribution in [0.5, 0.6) is 11.5 Å². The van der Waals surface area contributed by atoms with Gasteiger partial charge in [0.25, 0.3) is 5.91 Å². The first-order chi connectivity index (χ1) is 16.6. The first kappa shape index (κ1) is 25.8. The number of ether oxygens (including phenoxy) is 3. The first-order valence-electron chi connectivity index (χ1n) is 11.2. The lowest BCUT2D eigenvalue weighted by atomic mass is 9.89. The highest BCUT2D eigenvalue weighted by Gasteiger charge is 2.26. The van der Waals surface area contributed by atoms with Gasteiger partial charge < -0.3 is 24.6 Å². The second-order valence-electron chi connectivity index (χ2n) is 9.14. The van der Waals surface area contributed by atoms with Gasteiger partial charge in [0.1, 0.15) is 24.2 Å². The number of hydrogen-bond donors (Lipinski definition) is 2. The van der Waals surface area contributed by atoms with Gasteiger partial charge in [0.2, 0.25) is 0 Å². The number of benzene rings is 2. The Balaban J connectivity index is 1.93. The standard InChI is InChI=1S/C26H31N3O6/c1-17(15-33-5)35-19-11-12-22(34-16-18-9-7-6-8-10-18)20(13-19)24(30)27-23-21(26(2,3)4)14-29(28-23)25(31)32/h6-14,17H,15-16H2,1-5H3,(H,31,32)(H,27,28,30)/t17-/m0/s1. The minimum Gasteiger partial charge on any atom is -0.488 e. The molecule has 0 aliphatic rings. The Hall–Kier alpha value is -3.85. The number of aromatic nitrogens is 2. The number of hydrogen-bond acceptors (Lipinski definition) is 6. The van der Waals surface area contributed by atoms with Crippen LogP contribution >= 0.6 is 0 Å². The molecular formula is C26H31N3O6. The van der Waals surface area contributed by atoms with Crippen molar-refractivity contribution in [3.8, 4) is 11.5 Å². The molecule has 186 valence electrons. The molecule has 0 unspecified atom stereocenters. The summed E-state index contributed by atoms with van der Waals surface area (Å²) in [4.78, 5) is 24.9. The second kappa shape index (κ2) is 11.1. The Morgan fingerprint density at radius 1 is 1.14 bits per heavy atom. The zero-order chi connectivity index (χ0) is 25.6. The molecule has 9 heteroatoms. The van der Waals surface area contributed by atoms with Crippen molar-refractivity contribution in [1.29, 1.82) is 0 Å². The van der Waals surface area contributed by atoms with Gasteiger partial charge >= 0.3 is 6.09 Å². The predicted molar refractivity (Wildman–Crippen MR) is 131 cm³/mol. The van der Waals surface area contributed by atoms with E-state index in [9.17, 15) is 14.7 Å². The maximum absolute atomic E-state index is 13.4. The van der Waals surface area contributed by atoms with Crippen LogP contribution in [0.3, 0.4) is 0 Å². The molecule has 1 amide bonds. The van der Waals surface area contributed by atoms with Crippen molar-refractivity contribution in [2.75, 3.05) is 19.0 Å². The van der Waals surface area contributed by atoms with Gasteiger partial charge in [-0.1, -0.05) is 51.1 Å². The molecule has 2 aromatic carbocycles. The number of nitrogens with zero attached hydrogens (tertiary/aromatic N) is 2. The normalized spacial score (nSPS) is 12.1. The summed E-state index contributed by atoms with van der Waals surface area (Å²) in [6.45, 7) is 8.23. The Morgan fingerprint density at radius 3 is 2.49 bits per heavy atom. The van der Waals surface area contributed by atoms with Crippen LogP contribution in [0.15, 0.2) is 54.7 Å². The fraction of sp³-hybridized carbons (Fsp3) is 0.346. The maximum Gasteiger partial charge on any atom is 0.432 e. The van der Waals surface area contributed by atoms with Crippen molar-refractivity contribution in [1.82, 2.24) is 9.78 Å². The van der Waals surface area contributed by atoms with Gasteiger partial charge in [0.15, 0.2) is 5.82 Å². The zero-order valence-corrected chi connectivity index (χ0v) is 20.6. The van der Waals surface area contributed by atoms with Gasteiger partial charge in [0.05, 0.1) is 12.2 Å². The van der Waals surface area contributed by atoms with E-state index in [4.69, 9.17) is 14.2 Å². The summed E-state index contributed by atoms with van der Waals surface area (Å²) in [5, 5.41) is 16.2. The predicted octanol–water partition coefficient (Wildman–Crippen LogP) is 4.95. The van der Waals surface area contributed by atoms with Crippen molar-refractivity contribution in [2.45, 2.75) is 45.8 Å². The molecular weight excluding hydrogens is 450 g/mol. The zero-order valence-electron chi connectivity index (χ0n) is 20.6. The van der Waals surface area contributed by atoms with E-state index in [2.05, 4.69) is 10.4 Å². The Bertz CT molecular complexity index is 1170. The molecule has 0 aliphatic heterocycles. The van der Waals surface area contributed by atoms with Gasteiger partial charge in [-0.3, -0.25) is 4.79 Å². The molecule has 2 N–H and O–H groups in total. The average molecular weight is 482 g/mol. The van der Waals surface area contributed by atoms with Crippen LogP contribution in [0, 0.1) is 0 Å². The van der Waals surface area contributed by atoms with Gasteiger partial charge in [-0.05, 0) is 36.1 Å². The largest absolute Gasteiger partial charge is 0.488 e. The average Bonchev–Trinajstić information content (AvgIpc) is 3.24. The molecule has 0 fully saturated rings. The van der Waals surface area contributed by atoms with E-state index < -0.39 is 17.4 Å². The topological polar surface area (TPSA) is 112 Å². The Kier molecular flexibility index (Phi) is 8.14. The molecule has 1 aromatic heterocycles.